The highest BCUT2D eigenvalue weighted by molar-refractivity contribution is 6.05. The molecule has 0 radical (unpaired) electrons. The van der Waals surface area contributed by atoms with Crippen molar-refractivity contribution in [2.45, 2.75) is 6.54 Å². The Morgan fingerprint density at radius 1 is 1.04 bits per heavy atom. The summed E-state index contributed by atoms with van der Waals surface area (Å²) in [6.45, 7) is 0.277. The second kappa shape index (κ2) is 6.87. The van der Waals surface area contributed by atoms with Gasteiger partial charge in [0.05, 0.1) is 24.9 Å². The van der Waals surface area contributed by atoms with Gasteiger partial charge in [0.15, 0.2) is 0 Å². The molecule has 0 saturated heterocycles. The molecule has 0 unspecified atom stereocenters. The number of nitrogens with zero attached hydrogens (tertiary/aromatic N) is 3. The molecule has 0 aliphatic rings. The van der Waals surface area contributed by atoms with Gasteiger partial charge >= 0.3 is 0 Å². The molecule has 2 aromatic carbocycles. The molecule has 0 atom stereocenters. The normalized spacial score (nSPS) is 10.9. The first-order chi connectivity index (χ1) is 13.2. The van der Waals surface area contributed by atoms with Crippen molar-refractivity contribution in [1.29, 1.82) is 0 Å². The number of pyridine rings is 1. The van der Waals surface area contributed by atoms with E-state index in [1.807, 2.05) is 36.4 Å². The number of ether oxygens (including phenoxy) is 1. The Morgan fingerprint density at radius 2 is 1.89 bits per heavy atom. The lowest BCUT2D eigenvalue weighted by atomic mass is 10.1. The summed E-state index contributed by atoms with van der Waals surface area (Å²) in [5.74, 6) is 0.199. The molecule has 0 fully saturated rings. The highest BCUT2D eigenvalue weighted by Gasteiger charge is 2.16. The third-order valence-corrected chi connectivity index (χ3v) is 4.23. The van der Waals surface area contributed by atoms with E-state index >= 15 is 0 Å². The van der Waals surface area contributed by atoms with Crippen LogP contribution in [0.15, 0.2) is 54.6 Å². The third-order valence-electron chi connectivity index (χ3n) is 4.23. The number of nitrogens with two attached hydrogens (primary N) is 1. The molecule has 7 nitrogen and oxygen atoms in total. The molecule has 27 heavy (non-hydrogen) atoms. The van der Waals surface area contributed by atoms with Gasteiger partial charge in [-0.25, -0.2) is 9.97 Å². The number of rotatable bonds is 4. The van der Waals surface area contributed by atoms with E-state index in [-0.39, 0.29) is 24.1 Å². The van der Waals surface area contributed by atoms with Gasteiger partial charge in [0, 0.05) is 10.8 Å². The Kier molecular flexibility index (Phi) is 4.25. The minimum atomic E-state index is -0.350. The summed E-state index contributed by atoms with van der Waals surface area (Å²) in [6, 6.07) is 17.0. The molecule has 0 bridgehead atoms. The van der Waals surface area contributed by atoms with Crippen molar-refractivity contribution in [2.24, 2.45) is 0 Å². The number of anilines is 1. The van der Waals surface area contributed by atoms with Crippen LogP contribution >= 0.6 is 0 Å². The Balaban J connectivity index is 1.62. The Hall–Kier alpha value is -3.74. The van der Waals surface area contributed by atoms with Crippen LogP contribution in [0, 0.1) is 0 Å². The van der Waals surface area contributed by atoms with Gasteiger partial charge in [0.1, 0.15) is 17.0 Å². The number of carbonyl (C=O) groups is 1. The van der Waals surface area contributed by atoms with E-state index in [1.165, 1.54) is 7.11 Å². The molecule has 2 aromatic heterocycles. The van der Waals surface area contributed by atoms with Gasteiger partial charge < -0.3 is 15.8 Å². The number of aromatic nitrogens is 3. The average Bonchev–Trinajstić information content (AvgIpc) is 2.70. The van der Waals surface area contributed by atoms with E-state index in [0.717, 1.165) is 16.6 Å². The summed E-state index contributed by atoms with van der Waals surface area (Å²) < 4.78 is 5.30. The summed E-state index contributed by atoms with van der Waals surface area (Å²) in [6.07, 6.45) is 0. The summed E-state index contributed by atoms with van der Waals surface area (Å²) in [4.78, 5) is 25.6. The van der Waals surface area contributed by atoms with Crippen molar-refractivity contribution in [1.82, 2.24) is 20.3 Å². The van der Waals surface area contributed by atoms with Crippen LogP contribution in [0.5, 0.6) is 5.75 Å². The number of nitrogens with one attached hydrogen (secondary N) is 1. The molecule has 4 aromatic rings. The van der Waals surface area contributed by atoms with Crippen LogP contribution < -0.4 is 15.8 Å². The summed E-state index contributed by atoms with van der Waals surface area (Å²) >= 11 is 0. The highest BCUT2D eigenvalue weighted by Crippen LogP contribution is 2.26. The number of hydrogen-bond acceptors (Lipinski definition) is 6. The molecule has 134 valence electrons. The lowest BCUT2D eigenvalue weighted by molar-refractivity contribution is 0.0947. The zero-order valence-corrected chi connectivity index (χ0v) is 14.6. The number of benzene rings is 2. The maximum Gasteiger partial charge on any atom is 0.271 e. The SMILES string of the molecule is COc1cccc2c(C(=O)NCc3ccc4ccccc4n3)nc(N)nc12. The van der Waals surface area contributed by atoms with E-state index in [1.54, 1.807) is 18.2 Å². The molecular formula is C20H17N5O2. The molecule has 3 N–H and O–H groups in total. The maximum absolute atomic E-state index is 12.7. The van der Waals surface area contributed by atoms with Gasteiger partial charge in [-0.1, -0.05) is 36.4 Å². The van der Waals surface area contributed by atoms with Crippen LogP contribution in [0.3, 0.4) is 0 Å². The molecule has 0 saturated carbocycles. The number of para-hydroxylation sites is 2. The molecule has 7 heteroatoms. The molecule has 0 aliphatic carbocycles. The van der Waals surface area contributed by atoms with Gasteiger partial charge in [-0.2, -0.15) is 0 Å². The first kappa shape index (κ1) is 16.7. The zero-order valence-electron chi connectivity index (χ0n) is 14.6. The van der Waals surface area contributed by atoms with Gasteiger partial charge in [-0.05, 0) is 18.2 Å². The average molecular weight is 359 g/mol. The first-order valence-electron chi connectivity index (χ1n) is 8.39. The van der Waals surface area contributed by atoms with Gasteiger partial charge in [0.25, 0.3) is 5.91 Å². The zero-order chi connectivity index (χ0) is 18.8. The van der Waals surface area contributed by atoms with E-state index < -0.39 is 0 Å². The molecule has 1 amide bonds. The van der Waals surface area contributed by atoms with Gasteiger partial charge in [-0.15, -0.1) is 0 Å². The van der Waals surface area contributed by atoms with Crippen LogP contribution in [0.1, 0.15) is 16.2 Å². The van der Waals surface area contributed by atoms with Crippen LogP contribution in [0.4, 0.5) is 5.95 Å². The Bertz CT molecular complexity index is 1160. The van der Waals surface area contributed by atoms with Gasteiger partial charge in [-0.3, -0.25) is 9.78 Å². The fourth-order valence-electron chi connectivity index (χ4n) is 2.94. The number of fused-ring (bicyclic) bond motifs is 2. The molecule has 2 heterocycles. The van der Waals surface area contributed by atoms with Crippen LogP contribution in [-0.4, -0.2) is 28.0 Å². The highest BCUT2D eigenvalue weighted by atomic mass is 16.5. The van der Waals surface area contributed by atoms with Crippen molar-refractivity contribution in [3.05, 3.63) is 66.0 Å². The van der Waals surface area contributed by atoms with Crippen molar-refractivity contribution in [3.63, 3.8) is 0 Å². The molecule has 0 spiro atoms. The second-order valence-corrected chi connectivity index (χ2v) is 5.96. The van der Waals surface area contributed by atoms with E-state index in [2.05, 4.69) is 20.3 Å². The van der Waals surface area contributed by atoms with E-state index in [0.29, 0.717) is 16.7 Å². The smallest absolute Gasteiger partial charge is 0.271 e. The van der Waals surface area contributed by atoms with Crippen molar-refractivity contribution < 1.29 is 9.53 Å². The second-order valence-electron chi connectivity index (χ2n) is 5.96. The minimum absolute atomic E-state index is 0.0148. The number of nitrogen functional groups attached to an aromatic ring is 1. The molecule has 0 aliphatic heterocycles. The predicted octanol–water partition coefficient (Wildman–Crippen LogP) is 2.70. The summed E-state index contributed by atoms with van der Waals surface area (Å²) in [5, 5.41) is 4.48. The number of methoxy groups -OCH3 is 1. The lowest BCUT2D eigenvalue weighted by Gasteiger charge is -2.10. The summed E-state index contributed by atoms with van der Waals surface area (Å²) in [7, 11) is 1.54. The Labute approximate surface area is 155 Å². The van der Waals surface area contributed by atoms with Crippen molar-refractivity contribution >= 4 is 33.7 Å². The lowest BCUT2D eigenvalue weighted by Crippen LogP contribution is -2.25. The molecule has 4 rings (SSSR count). The molecular weight excluding hydrogens is 342 g/mol. The fraction of sp³-hybridized carbons (Fsp3) is 0.100. The third kappa shape index (κ3) is 3.22. The predicted molar refractivity (Wildman–Crippen MR) is 103 cm³/mol. The van der Waals surface area contributed by atoms with E-state index in [4.69, 9.17) is 10.5 Å². The van der Waals surface area contributed by atoms with Crippen LogP contribution in [0.2, 0.25) is 0 Å². The Morgan fingerprint density at radius 3 is 2.74 bits per heavy atom. The summed E-state index contributed by atoms with van der Waals surface area (Å²) in [5.41, 5.74) is 8.13. The monoisotopic (exact) mass is 359 g/mol. The topological polar surface area (TPSA) is 103 Å². The number of carbonyl (C=O) groups excluding carboxylic acids is 1. The van der Waals surface area contributed by atoms with Crippen molar-refractivity contribution in [2.75, 3.05) is 12.8 Å². The fourth-order valence-corrected chi connectivity index (χ4v) is 2.94. The maximum atomic E-state index is 12.7. The van der Waals surface area contributed by atoms with E-state index in [9.17, 15) is 4.79 Å². The standard InChI is InChI=1S/C20H17N5O2/c1-27-16-8-4-6-14-17(16)24-20(21)25-18(14)19(26)22-11-13-10-9-12-5-2-3-7-15(12)23-13/h2-10H,11H2,1H3,(H,22,26)(H2,21,24,25). The van der Waals surface area contributed by atoms with Crippen molar-refractivity contribution in [3.8, 4) is 5.75 Å². The number of amides is 1. The first-order valence-corrected chi connectivity index (χ1v) is 8.39. The van der Waals surface area contributed by atoms with Crippen LogP contribution in [0.25, 0.3) is 21.8 Å². The quantitative estimate of drug-likeness (QED) is 0.581. The van der Waals surface area contributed by atoms with Gasteiger partial charge in [0.2, 0.25) is 5.95 Å². The largest absolute Gasteiger partial charge is 0.494 e. The van der Waals surface area contributed by atoms with Crippen LogP contribution in [-0.2, 0) is 6.54 Å². The number of hydrogen-bond donors (Lipinski definition) is 2. The minimum Gasteiger partial charge on any atom is -0.494 e.